The first kappa shape index (κ1) is 11.8. The van der Waals surface area contributed by atoms with Gasteiger partial charge in [-0.05, 0) is 25.1 Å². The average molecular weight is 279 g/mol. The summed E-state index contributed by atoms with van der Waals surface area (Å²) in [6.45, 7) is 2.77. The van der Waals surface area contributed by atoms with E-state index in [-0.39, 0.29) is 6.10 Å². The zero-order chi connectivity index (χ0) is 10.6. The molecule has 0 bridgehead atoms. The van der Waals surface area contributed by atoms with Gasteiger partial charge in [-0.3, -0.25) is 0 Å². The van der Waals surface area contributed by atoms with Crippen molar-refractivity contribution in [3.63, 3.8) is 0 Å². The lowest BCUT2D eigenvalue weighted by Crippen LogP contribution is -2.17. The number of methoxy groups -OCH3 is 1. The van der Waals surface area contributed by atoms with Crippen LogP contribution < -0.4 is 5.32 Å². The zero-order valence-electron chi connectivity index (χ0n) is 8.18. The molecule has 0 saturated heterocycles. The number of halogens is 2. The molecule has 0 radical (unpaired) electrons. The van der Waals surface area contributed by atoms with E-state index in [9.17, 15) is 0 Å². The predicted octanol–water partition coefficient (Wildman–Crippen LogP) is 3.55. The minimum atomic E-state index is 0.188. The summed E-state index contributed by atoms with van der Waals surface area (Å²) in [4.78, 5) is 0. The first-order valence-electron chi connectivity index (χ1n) is 4.34. The van der Waals surface area contributed by atoms with E-state index in [2.05, 4.69) is 21.2 Å². The molecule has 1 N–H and O–H groups in total. The average Bonchev–Trinajstić information content (AvgIpc) is 2.12. The Kier molecular flexibility index (Phi) is 4.72. The first-order valence-corrected chi connectivity index (χ1v) is 5.51. The summed E-state index contributed by atoms with van der Waals surface area (Å²) < 4.78 is 6.10. The van der Waals surface area contributed by atoms with Gasteiger partial charge in [0.1, 0.15) is 0 Å². The highest BCUT2D eigenvalue weighted by atomic mass is 79.9. The summed E-state index contributed by atoms with van der Waals surface area (Å²) in [7, 11) is 1.69. The van der Waals surface area contributed by atoms with Gasteiger partial charge >= 0.3 is 0 Å². The molecule has 0 saturated carbocycles. The maximum absolute atomic E-state index is 5.90. The molecule has 0 aliphatic rings. The molecule has 0 aliphatic heterocycles. The predicted molar refractivity (Wildman–Crippen MR) is 64.1 cm³/mol. The van der Waals surface area contributed by atoms with Gasteiger partial charge in [-0.25, -0.2) is 0 Å². The lowest BCUT2D eigenvalue weighted by Gasteiger charge is -2.12. The van der Waals surface area contributed by atoms with Crippen molar-refractivity contribution in [3.05, 3.63) is 27.7 Å². The summed E-state index contributed by atoms with van der Waals surface area (Å²) in [5, 5.41) is 3.95. The van der Waals surface area contributed by atoms with Gasteiger partial charge < -0.3 is 10.1 Å². The smallest absolute Gasteiger partial charge is 0.0715 e. The minimum absolute atomic E-state index is 0.188. The van der Waals surface area contributed by atoms with Gasteiger partial charge in [-0.15, -0.1) is 0 Å². The van der Waals surface area contributed by atoms with Crippen molar-refractivity contribution in [2.45, 2.75) is 13.0 Å². The van der Waals surface area contributed by atoms with Crippen LogP contribution in [0, 0.1) is 0 Å². The largest absolute Gasteiger partial charge is 0.382 e. The maximum atomic E-state index is 5.90. The Morgan fingerprint density at radius 1 is 1.50 bits per heavy atom. The standard InChI is InChI=1S/C10H13BrClNO/c1-7(14-2)6-13-10-4-8(11)3-9(12)5-10/h3-5,7,13H,6H2,1-2H3. The van der Waals surface area contributed by atoms with Gasteiger partial charge in [-0.2, -0.15) is 0 Å². The summed E-state index contributed by atoms with van der Waals surface area (Å²) >= 11 is 9.28. The van der Waals surface area contributed by atoms with Crippen LogP contribution in [0.2, 0.25) is 5.02 Å². The fourth-order valence-corrected chi connectivity index (χ4v) is 1.86. The normalized spacial score (nSPS) is 12.6. The SMILES string of the molecule is COC(C)CNc1cc(Cl)cc(Br)c1. The second kappa shape index (κ2) is 5.59. The number of ether oxygens (including phenoxy) is 1. The second-order valence-corrected chi connectivity index (χ2v) is 4.44. The van der Waals surface area contributed by atoms with Crippen molar-refractivity contribution in [1.82, 2.24) is 0 Å². The van der Waals surface area contributed by atoms with Crippen molar-refractivity contribution in [1.29, 1.82) is 0 Å². The van der Waals surface area contributed by atoms with E-state index in [0.29, 0.717) is 5.02 Å². The van der Waals surface area contributed by atoms with Crippen LogP contribution in [0.15, 0.2) is 22.7 Å². The van der Waals surface area contributed by atoms with E-state index in [1.54, 1.807) is 7.11 Å². The molecule has 0 aliphatic carbocycles. The van der Waals surface area contributed by atoms with E-state index < -0.39 is 0 Å². The molecule has 0 heterocycles. The summed E-state index contributed by atoms with van der Waals surface area (Å²) in [5.41, 5.74) is 0.994. The molecule has 1 rings (SSSR count). The Bertz CT molecular complexity index is 286. The topological polar surface area (TPSA) is 21.3 Å². The number of rotatable bonds is 4. The van der Waals surface area contributed by atoms with Crippen LogP contribution in [0.5, 0.6) is 0 Å². The minimum Gasteiger partial charge on any atom is -0.382 e. The fraction of sp³-hybridized carbons (Fsp3) is 0.400. The molecular weight excluding hydrogens is 265 g/mol. The molecular formula is C10H13BrClNO. The van der Waals surface area contributed by atoms with Gasteiger partial charge in [-0.1, -0.05) is 27.5 Å². The van der Waals surface area contributed by atoms with E-state index in [1.165, 1.54) is 0 Å². The zero-order valence-corrected chi connectivity index (χ0v) is 10.5. The third-order valence-electron chi connectivity index (χ3n) is 1.86. The molecule has 4 heteroatoms. The summed E-state index contributed by atoms with van der Waals surface area (Å²) in [6, 6.07) is 5.72. The molecule has 78 valence electrons. The van der Waals surface area contributed by atoms with E-state index in [4.69, 9.17) is 16.3 Å². The van der Waals surface area contributed by atoms with Crippen LogP contribution in [0.4, 0.5) is 5.69 Å². The molecule has 1 unspecified atom stereocenters. The first-order chi connectivity index (χ1) is 6.61. The van der Waals surface area contributed by atoms with Gasteiger partial charge in [0.05, 0.1) is 6.10 Å². The molecule has 2 nitrogen and oxygen atoms in total. The van der Waals surface area contributed by atoms with E-state index in [1.807, 2.05) is 25.1 Å². The quantitative estimate of drug-likeness (QED) is 0.909. The van der Waals surface area contributed by atoms with Gasteiger partial charge in [0.15, 0.2) is 0 Å². The van der Waals surface area contributed by atoms with E-state index >= 15 is 0 Å². The molecule has 14 heavy (non-hydrogen) atoms. The molecule has 0 aromatic heterocycles. The van der Waals surface area contributed by atoms with Gasteiger partial charge in [0.2, 0.25) is 0 Å². The van der Waals surface area contributed by atoms with Crippen molar-refractivity contribution < 1.29 is 4.74 Å². The van der Waals surface area contributed by atoms with Crippen LogP contribution in [0.1, 0.15) is 6.92 Å². The van der Waals surface area contributed by atoms with E-state index in [0.717, 1.165) is 16.7 Å². The van der Waals surface area contributed by atoms with Crippen LogP contribution in [0.25, 0.3) is 0 Å². The third kappa shape index (κ3) is 3.86. The van der Waals surface area contributed by atoms with Gasteiger partial charge in [0, 0.05) is 28.8 Å². The van der Waals surface area contributed by atoms with Crippen molar-refractivity contribution in [3.8, 4) is 0 Å². The van der Waals surface area contributed by atoms with Crippen molar-refractivity contribution in [2.75, 3.05) is 19.0 Å². The molecule has 1 aromatic carbocycles. The number of benzene rings is 1. The summed E-state index contributed by atoms with van der Waals surface area (Å²) in [6.07, 6.45) is 0.188. The Hall–Kier alpha value is -0.250. The Morgan fingerprint density at radius 3 is 2.79 bits per heavy atom. The number of anilines is 1. The Morgan fingerprint density at radius 2 is 2.21 bits per heavy atom. The molecule has 0 amide bonds. The molecule has 1 aromatic rings. The highest BCUT2D eigenvalue weighted by molar-refractivity contribution is 9.10. The fourth-order valence-electron chi connectivity index (χ4n) is 1.00. The number of hydrogen-bond acceptors (Lipinski definition) is 2. The van der Waals surface area contributed by atoms with Gasteiger partial charge in [0.25, 0.3) is 0 Å². The van der Waals surface area contributed by atoms with Crippen LogP contribution in [0.3, 0.4) is 0 Å². The van der Waals surface area contributed by atoms with Crippen LogP contribution >= 0.6 is 27.5 Å². The second-order valence-electron chi connectivity index (χ2n) is 3.09. The third-order valence-corrected chi connectivity index (χ3v) is 2.53. The molecule has 1 atom stereocenters. The van der Waals surface area contributed by atoms with Crippen molar-refractivity contribution in [2.24, 2.45) is 0 Å². The number of hydrogen-bond donors (Lipinski definition) is 1. The molecule has 0 fully saturated rings. The number of nitrogens with one attached hydrogen (secondary N) is 1. The highest BCUT2D eigenvalue weighted by Crippen LogP contribution is 2.22. The lowest BCUT2D eigenvalue weighted by molar-refractivity contribution is 0.129. The van der Waals surface area contributed by atoms with Crippen LogP contribution in [-0.2, 0) is 4.74 Å². The Balaban J connectivity index is 2.58. The Labute approximate surface area is 97.7 Å². The maximum Gasteiger partial charge on any atom is 0.0715 e. The highest BCUT2D eigenvalue weighted by Gasteiger charge is 2.00. The monoisotopic (exact) mass is 277 g/mol. The molecule has 0 spiro atoms. The van der Waals surface area contributed by atoms with Crippen LogP contribution in [-0.4, -0.2) is 19.8 Å². The van der Waals surface area contributed by atoms with Crippen molar-refractivity contribution >= 4 is 33.2 Å². The lowest BCUT2D eigenvalue weighted by atomic mass is 10.3. The summed E-state index contributed by atoms with van der Waals surface area (Å²) in [5.74, 6) is 0.